The summed E-state index contributed by atoms with van der Waals surface area (Å²) >= 11 is 2.00. The Bertz CT molecular complexity index is 537. The Labute approximate surface area is 123 Å². The molecule has 20 heavy (non-hydrogen) atoms. The lowest BCUT2D eigenvalue weighted by Gasteiger charge is -2.14. The number of benzene rings is 1. The fraction of sp³-hybridized carbons (Fsp3) is 0.467. The van der Waals surface area contributed by atoms with Crippen molar-refractivity contribution < 1.29 is 4.52 Å². The molecule has 0 radical (unpaired) electrons. The van der Waals surface area contributed by atoms with Crippen molar-refractivity contribution in [1.29, 1.82) is 0 Å². The average Bonchev–Trinajstić information content (AvgIpc) is 3.11. The van der Waals surface area contributed by atoms with Crippen LogP contribution in [0.3, 0.4) is 0 Å². The largest absolute Gasteiger partial charge is 0.338 e. The van der Waals surface area contributed by atoms with E-state index in [9.17, 15) is 0 Å². The van der Waals surface area contributed by atoms with Gasteiger partial charge in [-0.2, -0.15) is 16.7 Å². The van der Waals surface area contributed by atoms with Gasteiger partial charge in [-0.3, -0.25) is 0 Å². The van der Waals surface area contributed by atoms with Crippen LogP contribution in [0.2, 0.25) is 0 Å². The smallest absolute Gasteiger partial charge is 0.243 e. The second kappa shape index (κ2) is 6.41. The lowest BCUT2D eigenvalue weighted by atomic mass is 10.1. The van der Waals surface area contributed by atoms with Gasteiger partial charge in [-0.25, -0.2) is 0 Å². The van der Waals surface area contributed by atoms with Gasteiger partial charge in [0.15, 0.2) is 5.82 Å². The molecule has 2 heterocycles. The number of thioether (sulfide) groups is 1. The summed E-state index contributed by atoms with van der Waals surface area (Å²) < 4.78 is 5.38. The maximum absolute atomic E-state index is 5.38. The predicted molar refractivity (Wildman–Crippen MR) is 80.8 cm³/mol. The molecule has 0 saturated carbocycles. The molecule has 106 valence electrons. The molecule has 0 spiro atoms. The average molecular weight is 289 g/mol. The molecule has 1 N–H and O–H groups in total. The normalized spacial score (nSPS) is 20.1. The topological polar surface area (TPSA) is 51.0 Å². The summed E-state index contributed by atoms with van der Waals surface area (Å²) in [6.07, 6.45) is 1.94. The van der Waals surface area contributed by atoms with Gasteiger partial charge in [0.1, 0.15) is 0 Å². The molecule has 0 amide bonds. The first-order valence-electron chi connectivity index (χ1n) is 7.01. The lowest BCUT2D eigenvalue weighted by molar-refractivity contribution is 0.325. The van der Waals surface area contributed by atoms with Gasteiger partial charge >= 0.3 is 0 Å². The van der Waals surface area contributed by atoms with E-state index in [1.807, 2.05) is 30.0 Å². The molecule has 2 atom stereocenters. The molecule has 1 aromatic heterocycles. The third kappa shape index (κ3) is 3.41. The number of nitrogens with one attached hydrogen (secondary N) is 1. The van der Waals surface area contributed by atoms with Crippen molar-refractivity contribution in [2.24, 2.45) is 0 Å². The Morgan fingerprint density at radius 1 is 1.40 bits per heavy atom. The van der Waals surface area contributed by atoms with Crippen LogP contribution in [0.4, 0.5) is 0 Å². The summed E-state index contributed by atoms with van der Waals surface area (Å²) in [5, 5.41) is 7.63. The highest BCUT2D eigenvalue weighted by atomic mass is 32.2. The number of aromatic nitrogens is 2. The Kier molecular flexibility index (Phi) is 4.38. The molecule has 4 nitrogen and oxygen atoms in total. The highest BCUT2D eigenvalue weighted by Crippen LogP contribution is 2.20. The van der Waals surface area contributed by atoms with Crippen LogP contribution in [-0.4, -0.2) is 27.7 Å². The van der Waals surface area contributed by atoms with E-state index in [1.165, 1.54) is 23.5 Å². The first kappa shape index (κ1) is 13.6. The SMILES string of the molecule is C[C@@H](N[C@H]1CCSC1)c1nc(Cc2ccccc2)no1. The van der Waals surface area contributed by atoms with E-state index in [2.05, 4.69) is 34.5 Å². The van der Waals surface area contributed by atoms with Crippen LogP contribution in [0, 0.1) is 0 Å². The molecule has 1 aromatic carbocycles. The van der Waals surface area contributed by atoms with E-state index < -0.39 is 0 Å². The standard InChI is InChI=1S/C15H19N3OS/c1-11(16-13-7-8-20-10-13)15-17-14(18-19-15)9-12-5-3-2-4-6-12/h2-6,11,13,16H,7-10H2,1H3/t11-,13+/m1/s1. The fourth-order valence-corrected chi connectivity index (χ4v) is 3.55. The van der Waals surface area contributed by atoms with Crippen molar-refractivity contribution in [3.8, 4) is 0 Å². The van der Waals surface area contributed by atoms with Crippen LogP contribution >= 0.6 is 11.8 Å². The highest BCUT2D eigenvalue weighted by Gasteiger charge is 2.21. The molecule has 1 aliphatic heterocycles. The van der Waals surface area contributed by atoms with Crippen LogP contribution in [0.25, 0.3) is 0 Å². The van der Waals surface area contributed by atoms with Crippen molar-refractivity contribution in [2.75, 3.05) is 11.5 Å². The quantitative estimate of drug-likeness (QED) is 0.917. The van der Waals surface area contributed by atoms with Crippen molar-refractivity contribution in [3.05, 3.63) is 47.6 Å². The molecule has 2 aromatic rings. The Morgan fingerprint density at radius 2 is 2.25 bits per heavy atom. The lowest BCUT2D eigenvalue weighted by Crippen LogP contribution is -2.31. The molecule has 5 heteroatoms. The summed E-state index contributed by atoms with van der Waals surface area (Å²) in [5.74, 6) is 3.86. The first-order chi connectivity index (χ1) is 9.81. The van der Waals surface area contributed by atoms with E-state index in [4.69, 9.17) is 4.52 Å². The number of hydrogen-bond donors (Lipinski definition) is 1. The molecule has 1 saturated heterocycles. The molecular weight excluding hydrogens is 270 g/mol. The van der Waals surface area contributed by atoms with Crippen molar-refractivity contribution in [3.63, 3.8) is 0 Å². The second-order valence-corrected chi connectivity index (χ2v) is 6.31. The molecule has 1 fully saturated rings. The summed E-state index contributed by atoms with van der Waals surface area (Å²) in [7, 11) is 0. The summed E-state index contributed by atoms with van der Waals surface area (Å²) in [6, 6.07) is 10.9. The third-order valence-corrected chi connectivity index (χ3v) is 4.64. The van der Waals surface area contributed by atoms with Gasteiger partial charge in [-0.15, -0.1) is 0 Å². The molecule has 0 aliphatic carbocycles. The van der Waals surface area contributed by atoms with Crippen molar-refractivity contribution in [2.45, 2.75) is 31.8 Å². The van der Waals surface area contributed by atoms with E-state index in [1.54, 1.807) is 0 Å². The van der Waals surface area contributed by atoms with Crippen LogP contribution in [-0.2, 0) is 6.42 Å². The van der Waals surface area contributed by atoms with Gasteiger partial charge in [0.2, 0.25) is 5.89 Å². The van der Waals surface area contributed by atoms with Gasteiger partial charge in [-0.1, -0.05) is 35.5 Å². The summed E-state index contributed by atoms with van der Waals surface area (Å²) in [4.78, 5) is 4.50. The van der Waals surface area contributed by atoms with Gasteiger partial charge < -0.3 is 9.84 Å². The minimum Gasteiger partial charge on any atom is -0.338 e. The van der Waals surface area contributed by atoms with Crippen LogP contribution in [0.15, 0.2) is 34.9 Å². The molecule has 1 aliphatic rings. The predicted octanol–water partition coefficient (Wildman–Crippen LogP) is 2.82. The summed E-state index contributed by atoms with van der Waals surface area (Å²) in [6.45, 7) is 2.09. The Balaban J connectivity index is 1.61. The van der Waals surface area contributed by atoms with Gasteiger partial charge in [-0.05, 0) is 24.7 Å². The molecule has 0 unspecified atom stereocenters. The number of rotatable bonds is 5. The van der Waals surface area contributed by atoms with E-state index >= 15 is 0 Å². The second-order valence-electron chi connectivity index (χ2n) is 5.16. The minimum atomic E-state index is 0.121. The van der Waals surface area contributed by atoms with Crippen LogP contribution in [0.5, 0.6) is 0 Å². The third-order valence-electron chi connectivity index (χ3n) is 3.47. The highest BCUT2D eigenvalue weighted by molar-refractivity contribution is 7.99. The minimum absolute atomic E-state index is 0.121. The molecule has 3 rings (SSSR count). The van der Waals surface area contributed by atoms with E-state index in [0.29, 0.717) is 11.9 Å². The summed E-state index contributed by atoms with van der Waals surface area (Å²) in [5.41, 5.74) is 1.20. The van der Waals surface area contributed by atoms with Crippen molar-refractivity contribution >= 4 is 11.8 Å². The fourth-order valence-electron chi connectivity index (χ4n) is 2.38. The maximum Gasteiger partial charge on any atom is 0.243 e. The monoisotopic (exact) mass is 289 g/mol. The van der Waals surface area contributed by atoms with Crippen molar-refractivity contribution in [1.82, 2.24) is 15.5 Å². The Hall–Kier alpha value is -1.33. The van der Waals surface area contributed by atoms with E-state index in [0.717, 1.165) is 12.2 Å². The first-order valence-corrected chi connectivity index (χ1v) is 8.17. The van der Waals surface area contributed by atoms with Crippen LogP contribution in [0.1, 0.15) is 36.7 Å². The number of hydrogen-bond acceptors (Lipinski definition) is 5. The number of nitrogens with zero attached hydrogens (tertiary/aromatic N) is 2. The van der Waals surface area contributed by atoms with Gasteiger partial charge in [0.25, 0.3) is 0 Å². The zero-order valence-corrected chi connectivity index (χ0v) is 12.4. The van der Waals surface area contributed by atoms with E-state index in [-0.39, 0.29) is 6.04 Å². The van der Waals surface area contributed by atoms with Crippen LogP contribution < -0.4 is 5.32 Å². The zero-order chi connectivity index (χ0) is 13.8. The van der Waals surface area contributed by atoms with Gasteiger partial charge in [0.05, 0.1) is 6.04 Å². The molecular formula is C15H19N3OS. The zero-order valence-electron chi connectivity index (χ0n) is 11.6. The van der Waals surface area contributed by atoms with Gasteiger partial charge in [0, 0.05) is 18.2 Å². The molecule has 0 bridgehead atoms. The Morgan fingerprint density at radius 3 is 3.00 bits per heavy atom. The maximum atomic E-state index is 5.38.